The molecule has 2 nitrogen and oxygen atoms in total. The van der Waals surface area contributed by atoms with E-state index in [0.29, 0.717) is 6.04 Å². The molecule has 0 heterocycles. The monoisotopic (exact) mass is 232 g/mol. The van der Waals surface area contributed by atoms with Crippen molar-refractivity contribution < 1.29 is 0 Å². The van der Waals surface area contributed by atoms with Gasteiger partial charge >= 0.3 is 0 Å². The van der Waals surface area contributed by atoms with Gasteiger partial charge in [-0.3, -0.25) is 0 Å². The van der Waals surface area contributed by atoms with Crippen molar-refractivity contribution in [3.05, 3.63) is 29.8 Å². The standard InChI is InChI=1S/C15H24N2/c1-3-12-4-6-14(7-5-12)17-15-10-8-13(16-2)9-11-15/h4-7,13,15-17H,3,8-11H2,1-2H3. The van der Waals surface area contributed by atoms with Crippen molar-refractivity contribution in [3.63, 3.8) is 0 Å². The molecule has 2 heteroatoms. The highest BCUT2D eigenvalue weighted by Gasteiger charge is 2.19. The molecule has 2 rings (SSSR count). The van der Waals surface area contributed by atoms with Gasteiger partial charge in [0.25, 0.3) is 0 Å². The molecule has 0 atom stereocenters. The normalized spacial score (nSPS) is 24.6. The molecule has 0 unspecified atom stereocenters. The highest BCUT2D eigenvalue weighted by atomic mass is 14.9. The fourth-order valence-electron chi connectivity index (χ4n) is 2.60. The Labute approximate surface area is 105 Å². The van der Waals surface area contributed by atoms with E-state index >= 15 is 0 Å². The van der Waals surface area contributed by atoms with Crippen molar-refractivity contribution in [1.29, 1.82) is 0 Å². The van der Waals surface area contributed by atoms with E-state index in [1.807, 2.05) is 0 Å². The van der Waals surface area contributed by atoms with Crippen LogP contribution in [-0.4, -0.2) is 19.1 Å². The quantitative estimate of drug-likeness (QED) is 0.833. The minimum absolute atomic E-state index is 0.659. The summed E-state index contributed by atoms with van der Waals surface area (Å²) in [6.45, 7) is 2.20. The van der Waals surface area contributed by atoms with Crippen molar-refractivity contribution in [2.45, 2.75) is 51.1 Å². The van der Waals surface area contributed by atoms with Crippen LogP contribution < -0.4 is 10.6 Å². The first-order valence-electron chi connectivity index (χ1n) is 6.84. The first-order chi connectivity index (χ1) is 8.31. The molecule has 1 fully saturated rings. The van der Waals surface area contributed by atoms with Gasteiger partial charge in [-0.25, -0.2) is 0 Å². The van der Waals surface area contributed by atoms with Gasteiger partial charge < -0.3 is 10.6 Å². The lowest BCUT2D eigenvalue weighted by atomic mass is 9.91. The molecule has 0 amide bonds. The average molecular weight is 232 g/mol. The third kappa shape index (κ3) is 3.47. The number of rotatable bonds is 4. The van der Waals surface area contributed by atoms with Crippen molar-refractivity contribution in [3.8, 4) is 0 Å². The van der Waals surface area contributed by atoms with Crippen LogP contribution in [0.15, 0.2) is 24.3 Å². The molecule has 0 aliphatic heterocycles. The van der Waals surface area contributed by atoms with Crippen LogP contribution in [0.4, 0.5) is 5.69 Å². The van der Waals surface area contributed by atoms with Gasteiger partial charge in [-0.1, -0.05) is 19.1 Å². The summed E-state index contributed by atoms with van der Waals surface area (Å²) in [6, 6.07) is 10.3. The molecular formula is C15H24N2. The smallest absolute Gasteiger partial charge is 0.0342 e. The fraction of sp³-hybridized carbons (Fsp3) is 0.600. The Kier molecular flexibility index (Phi) is 4.43. The summed E-state index contributed by atoms with van der Waals surface area (Å²) < 4.78 is 0. The highest BCUT2D eigenvalue weighted by Crippen LogP contribution is 2.22. The maximum atomic E-state index is 3.65. The van der Waals surface area contributed by atoms with E-state index < -0.39 is 0 Å². The van der Waals surface area contributed by atoms with E-state index in [-0.39, 0.29) is 0 Å². The van der Waals surface area contributed by atoms with Gasteiger partial charge in [0.1, 0.15) is 0 Å². The van der Waals surface area contributed by atoms with Gasteiger partial charge in [-0.2, -0.15) is 0 Å². The maximum Gasteiger partial charge on any atom is 0.0342 e. The number of benzene rings is 1. The van der Waals surface area contributed by atoms with Crippen molar-refractivity contribution >= 4 is 5.69 Å². The Morgan fingerprint density at radius 2 is 1.59 bits per heavy atom. The second-order valence-corrected chi connectivity index (χ2v) is 5.03. The van der Waals surface area contributed by atoms with Crippen LogP contribution in [0.3, 0.4) is 0 Å². The van der Waals surface area contributed by atoms with Crippen LogP contribution >= 0.6 is 0 Å². The van der Waals surface area contributed by atoms with Crippen LogP contribution in [0.25, 0.3) is 0 Å². The molecule has 1 saturated carbocycles. The lowest BCUT2D eigenvalue weighted by Crippen LogP contribution is -2.34. The lowest BCUT2D eigenvalue weighted by molar-refractivity contribution is 0.371. The van der Waals surface area contributed by atoms with Gasteiger partial charge in [-0.05, 0) is 56.8 Å². The van der Waals surface area contributed by atoms with Gasteiger partial charge in [0.05, 0.1) is 0 Å². The molecule has 2 N–H and O–H groups in total. The van der Waals surface area contributed by atoms with Gasteiger partial charge in [-0.15, -0.1) is 0 Å². The van der Waals surface area contributed by atoms with Crippen LogP contribution in [0, 0.1) is 0 Å². The van der Waals surface area contributed by atoms with E-state index in [4.69, 9.17) is 0 Å². The second kappa shape index (κ2) is 6.06. The number of anilines is 1. The van der Waals surface area contributed by atoms with E-state index in [1.54, 1.807) is 0 Å². The summed E-state index contributed by atoms with van der Waals surface area (Å²) in [6.07, 6.45) is 6.26. The minimum Gasteiger partial charge on any atom is -0.382 e. The zero-order chi connectivity index (χ0) is 12.1. The summed E-state index contributed by atoms with van der Waals surface area (Å²) in [5.41, 5.74) is 2.68. The first-order valence-corrected chi connectivity index (χ1v) is 6.84. The number of hydrogen-bond donors (Lipinski definition) is 2. The predicted molar refractivity (Wildman–Crippen MR) is 74.5 cm³/mol. The third-order valence-corrected chi connectivity index (χ3v) is 3.87. The molecule has 0 aromatic heterocycles. The van der Waals surface area contributed by atoms with Gasteiger partial charge in [0, 0.05) is 17.8 Å². The summed E-state index contributed by atoms with van der Waals surface area (Å²) in [5.74, 6) is 0. The van der Waals surface area contributed by atoms with Crippen molar-refractivity contribution in [1.82, 2.24) is 5.32 Å². The Morgan fingerprint density at radius 3 is 2.12 bits per heavy atom. The molecule has 1 aliphatic rings. The van der Waals surface area contributed by atoms with Crippen molar-refractivity contribution in [2.75, 3.05) is 12.4 Å². The molecule has 1 aromatic rings. The largest absolute Gasteiger partial charge is 0.382 e. The summed E-state index contributed by atoms with van der Waals surface area (Å²) in [7, 11) is 2.07. The predicted octanol–water partition coefficient (Wildman–Crippen LogP) is 3.19. The first kappa shape index (κ1) is 12.4. The van der Waals surface area contributed by atoms with Crippen LogP contribution in [0.5, 0.6) is 0 Å². The number of hydrogen-bond acceptors (Lipinski definition) is 2. The molecule has 1 aliphatic carbocycles. The summed E-state index contributed by atoms with van der Waals surface area (Å²) in [4.78, 5) is 0. The maximum absolute atomic E-state index is 3.65. The Balaban J connectivity index is 1.84. The van der Waals surface area contributed by atoms with E-state index in [9.17, 15) is 0 Å². The lowest BCUT2D eigenvalue weighted by Gasteiger charge is -2.29. The van der Waals surface area contributed by atoms with E-state index in [1.165, 1.54) is 36.9 Å². The fourth-order valence-corrected chi connectivity index (χ4v) is 2.60. The number of nitrogens with one attached hydrogen (secondary N) is 2. The minimum atomic E-state index is 0.659. The average Bonchev–Trinajstić information content (AvgIpc) is 2.40. The zero-order valence-corrected chi connectivity index (χ0v) is 11.0. The van der Waals surface area contributed by atoms with Crippen LogP contribution in [0.1, 0.15) is 38.2 Å². The van der Waals surface area contributed by atoms with Crippen molar-refractivity contribution in [2.24, 2.45) is 0 Å². The molecule has 0 saturated heterocycles. The van der Waals surface area contributed by atoms with Crippen LogP contribution in [-0.2, 0) is 6.42 Å². The third-order valence-electron chi connectivity index (χ3n) is 3.87. The summed E-state index contributed by atoms with van der Waals surface area (Å²) in [5, 5.41) is 7.02. The molecule has 0 radical (unpaired) electrons. The Bertz CT molecular complexity index is 323. The molecule has 0 bridgehead atoms. The summed E-state index contributed by atoms with van der Waals surface area (Å²) >= 11 is 0. The van der Waals surface area contributed by atoms with Gasteiger partial charge in [0.15, 0.2) is 0 Å². The van der Waals surface area contributed by atoms with Gasteiger partial charge in [0.2, 0.25) is 0 Å². The highest BCUT2D eigenvalue weighted by molar-refractivity contribution is 5.45. The van der Waals surface area contributed by atoms with E-state index in [2.05, 4.69) is 48.9 Å². The SMILES string of the molecule is CCc1ccc(NC2CCC(NC)CC2)cc1. The van der Waals surface area contributed by atoms with Crippen LogP contribution in [0.2, 0.25) is 0 Å². The molecule has 0 spiro atoms. The Hall–Kier alpha value is -1.02. The molecular weight excluding hydrogens is 208 g/mol. The molecule has 94 valence electrons. The molecule has 17 heavy (non-hydrogen) atoms. The topological polar surface area (TPSA) is 24.1 Å². The molecule has 1 aromatic carbocycles. The number of aryl methyl sites for hydroxylation is 1. The zero-order valence-electron chi connectivity index (χ0n) is 11.0. The van der Waals surface area contributed by atoms with E-state index in [0.717, 1.165) is 12.5 Å². The Morgan fingerprint density at radius 1 is 1.00 bits per heavy atom. The second-order valence-electron chi connectivity index (χ2n) is 5.03.